The van der Waals surface area contributed by atoms with Crippen LogP contribution in [0.3, 0.4) is 0 Å². The van der Waals surface area contributed by atoms with Gasteiger partial charge in [0, 0.05) is 12.4 Å². The van der Waals surface area contributed by atoms with E-state index in [1.165, 1.54) is 0 Å². The molecule has 4 aromatic rings. The first-order valence-electron chi connectivity index (χ1n) is 13.8. The second-order valence-electron chi connectivity index (χ2n) is 12.1. The number of aliphatic hydroxyl groups excluding tert-OH is 1. The van der Waals surface area contributed by atoms with Crippen LogP contribution in [0.2, 0.25) is 18.1 Å². The van der Waals surface area contributed by atoms with Gasteiger partial charge in [0.1, 0.15) is 0 Å². The van der Waals surface area contributed by atoms with Crippen molar-refractivity contribution in [1.82, 2.24) is 9.55 Å². The number of rotatable bonds is 8. The highest BCUT2D eigenvalue weighted by molar-refractivity contribution is 8.01. The minimum atomic E-state index is -2.30. The van der Waals surface area contributed by atoms with E-state index in [0.29, 0.717) is 0 Å². The van der Waals surface area contributed by atoms with Gasteiger partial charge in [-0.05, 0) is 39.4 Å². The molecule has 1 aliphatic heterocycles. The molecule has 1 N–H and O–H groups in total. The molecule has 1 amide bonds. The second-order valence-corrected chi connectivity index (χ2v) is 18.5. The highest BCUT2D eigenvalue weighted by Gasteiger charge is 2.61. The van der Waals surface area contributed by atoms with E-state index in [2.05, 4.69) is 116 Å². The van der Waals surface area contributed by atoms with E-state index in [4.69, 9.17) is 0 Å². The van der Waals surface area contributed by atoms with E-state index >= 15 is 0 Å². The molecule has 0 bridgehead atoms. The maximum Gasteiger partial charge on any atom is 0.224 e. The molecular weight excluding hydrogens is 529 g/mol. The van der Waals surface area contributed by atoms with E-state index in [0.717, 1.165) is 22.3 Å². The normalized spacial score (nSPS) is 18.8. The molecule has 1 saturated heterocycles. The van der Waals surface area contributed by atoms with Crippen molar-refractivity contribution in [2.24, 2.45) is 5.92 Å². The average molecular weight is 567 g/mol. The maximum absolute atomic E-state index is 14.1. The lowest BCUT2D eigenvalue weighted by molar-refractivity contribution is -0.150. The fourth-order valence-electron chi connectivity index (χ4n) is 5.53. The van der Waals surface area contributed by atoms with Gasteiger partial charge in [-0.25, -0.2) is 0 Å². The first-order chi connectivity index (χ1) is 19.1. The van der Waals surface area contributed by atoms with Gasteiger partial charge in [0.25, 0.3) is 0 Å². The minimum absolute atomic E-state index is 0.0384. The largest absolute Gasteiger partial charge is 0.387 e. The summed E-state index contributed by atoms with van der Waals surface area (Å²) in [5.41, 5.74) is 4.15. The summed E-state index contributed by atoms with van der Waals surface area (Å²) >= 11 is 1.79. The van der Waals surface area contributed by atoms with Crippen LogP contribution < -0.4 is 0 Å². The minimum Gasteiger partial charge on any atom is -0.387 e. The summed E-state index contributed by atoms with van der Waals surface area (Å²) in [5, 5.41) is 11.4. The van der Waals surface area contributed by atoms with Crippen molar-refractivity contribution in [2.75, 3.05) is 0 Å². The highest BCUT2D eigenvalue weighted by atomic mass is 32.2. The first-order valence-corrected chi connectivity index (χ1v) is 17.7. The van der Waals surface area contributed by atoms with Crippen molar-refractivity contribution < 1.29 is 9.90 Å². The number of aromatic nitrogens is 1. The van der Waals surface area contributed by atoms with Crippen LogP contribution in [0.4, 0.5) is 0 Å². The number of hydrogen-bond donors (Lipinski definition) is 1. The van der Waals surface area contributed by atoms with Crippen LogP contribution in [0.1, 0.15) is 49.1 Å². The lowest BCUT2D eigenvalue weighted by Gasteiger charge is -2.60. The van der Waals surface area contributed by atoms with Crippen LogP contribution in [0.5, 0.6) is 0 Å². The maximum atomic E-state index is 14.1. The third kappa shape index (κ3) is 4.82. The van der Waals surface area contributed by atoms with Gasteiger partial charge in [-0.15, -0.1) is 11.8 Å². The Morgan fingerprint density at radius 3 is 1.60 bits per heavy atom. The summed E-state index contributed by atoms with van der Waals surface area (Å²) in [5.74, 6) is -0.534. The number of carbonyl (C=O) groups excluding carboxylic acids is 1. The second kappa shape index (κ2) is 11.0. The molecule has 40 heavy (non-hydrogen) atoms. The summed E-state index contributed by atoms with van der Waals surface area (Å²) in [7, 11) is -2.30. The van der Waals surface area contributed by atoms with Gasteiger partial charge in [-0.1, -0.05) is 125 Å². The van der Waals surface area contributed by atoms with E-state index in [1.807, 2.05) is 30.3 Å². The van der Waals surface area contributed by atoms with Crippen molar-refractivity contribution in [3.8, 4) is 0 Å². The van der Waals surface area contributed by atoms with E-state index < -0.39 is 25.0 Å². The number of aliphatic hydroxyl groups is 1. The Balaban J connectivity index is 1.73. The lowest BCUT2D eigenvalue weighted by Crippen LogP contribution is -2.73. The van der Waals surface area contributed by atoms with Crippen molar-refractivity contribution in [1.29, 1.82) is 0 Å². The van der Waals surface area contributed by atoms with Crippen LogP contribution in [-0.2, 0) is 9.54 Å². The molecule has 3 aromatic carbocycles. The predicted molar refractivity (Wildman–Crippen MR) is 167 cm³/mol. The quantitative estimate of drug-likeness (QED) is 0.135. The smallest absolute Gasteiger partial charge is 0.224 e. The topological polar surface area (TPSA) is 53.4 Å². The molecule has 0 aliphatic carbocycles. The van der Waals surface area contributed by atoms with Crippen LogP contribution in [-0.4, -0.2) is 34.2 Å². The Hall–Kier alpha value is -3.19. The van der Waals surface area contributed by atoms with Gasteiger partial charge in [-0.3, -0.25) is 9.78 Å². The van der Waals surface area contributed by atoms with Crippen molar-refractivity contribution in [3.05, 3.63) is 138 Å². The molecule has 3 unspecified atom stereocenters. The number of benzene rings is 3. The molecule has 6 heteroatoms. The summed E-state index contributed by atoms with van der Waals surface area (Å²) in [6, 6.07) is 35.3. The lowest BCUT2D eigenvalue weighted by atomic mass is 9.84. The number of β-lactam (4-membered cyclic amide) rings is 1. The van der Waals surface area contributed by atoms with Crippen LogP contribution >= 0.6 is 11.8 Å². The summed E-state index contributed by atoms with van der Waals surface area (Å²) in [6.45, 7) is 11.3. The summed E-state index contributed by atoms with van der Waals surface area (Å²) in [6.07, 6.45) is 2.43. The van der Waals surface area contributed by atoms with E-state index in [9.17, 15) is 9.90 Å². The summed E-state index contributed by atoms with van der Waals surface area (Å²) in [4.78, 5) is 18.3. The number of thioether (sulfide) groups is 1. The van der Waals surface area contributed by atoms with Gasteiger partial charge < -0.3 is 9.67 Å². The number of nitrogens with zero attached hydrogens (tertiary/aromatic N) is 2. The molecule has 2 heterocycles. The zero-order valence-electron chi connectivity index (χ0n) is 23.9. The average Bonchev–Trinajstić information content (AvgIpc) is 2.96. The molecule has 0 saturated carbocycles. The Morgan fingerprint density at radius 1 is 0.775 bits per heavy atom. The monoisotopic (exact) mass is 566 g/mol. The Morgan fingerprint density at radius 2 is 1.20 bits per heavy atom. The fraction of sp³-hybridized carbons (Fsp3) is 0.294. The zero-order valence-corrected chi connectivity index (χ0v) is 25.7. The molecule has 0 spiro atoms. The van der Waals surface area contributed by atoms with E-state index in [-0.39, 0.29) is 16.3 Å². The van der Waals surface area contributed by atoms with Gasteiger partial charge >= 0.3 is 0 Å². The molecule has 1 fully saturated rings. The van der Waals surface area contributed by atoms with Crippen LogP contribution in [0, 0.1) is 5.92 Å². The standard InChI is InChI=1S/C34H38N2O2SSi/c1-33(2,3)40(4,5)36-31(38)29(30(37)25-21-23-35-24-22-25)32(36)39-34(26-15-9-6-10-16-26,27-17-11-7-12-18-27)28-19-13-8-14-20-28/h6-24,29-30,32,37H,1-5H3. The third-order valence-corrected chi connectivity index (χ3v) is 16.1. The predicted octanol–water partition coefficient (Wildman–Crippen LogP) is 7.63. The Bertz CT molecular complexity index is 1330. The number of carbonyl (C=O) groups is 1. The van der Waals surface area contributed by atoms with Crippen molar-refractivity contribution in [2.45, 2.75) is 55.1 Å². The summed E-state index contributed by atoms with van der Waals surface area (Å²) < 4.78 is 1.56. The molecule has 1 aliphatic rings. The van der Waals surface area contributed by atoms with E-state index in [1.54, 1.807) is 24.2 Å². The molecule has 3 atom stereocenters. The number of pyridine rings is 1. The molecule has 5 rings (SSSR count). The SMILES string of the molecule is CC(C)(C)[Si](C)(C)N1C(=O)C(C(O)c2ccncc2)C1SC(c1ccccc1)(c1ccccc1)c1ccccc1. The van der Waals surface area contributed by atoms with Crippen LogP contribution in [0.25, 0.3) is 0 Å². The fourth-order valence-corrected chi connectivity index (χ4v) is 10.5. The van der Waals surface area contributed by atoms with Crippen molar-refractivity contribution in [3.63, 3.8) is 0 Å². The van der Waals surface area contributed by atoms with Gasteiger partial charge in [0.05, 0.1) is 22.1 Å². The number of amides is 1. The molecule has 1 aromatic heterocycles. The molecular formula is C34H38N2O2SSi. The van der Waals surface area contributed by atoms with Gasteiger partial charge in [0.2, 0.25) is 5.91 Å². The Labute approximate surface area is 243 Å². The van der Waals surface area contributed by atoms with Crippen LogP contribution in [0.15, 0.2) is 116 Å². The first kappa shape index (κ1) is 28.3. The van der Waals surface area contributed by atoms with Crippen molar-refractivity contribution >= 4 is 25.9 Å². The molecule has 0 radical (unpaired) electrons. The number of hydrogen-bond acceptors (Lipinski definition) is 4. The zero-order chi connectivity index (χ0) is 28.5. The third-order valence-electron chi connectivity index (χ3n) is 8.75. The Kier molecular flexibility index (Phi) is 7.79. The van der Waals surface area contributed by atoms with Gasteiger partial charge in [-0.2, -0.15) is 0 Å². The van der Waals surface area contributed by atoms with Gasteiger partial charge in [0.15, 0.2) is 8.24 Å². The molecule has 206 valence electrons. The highest BCUT2D eigenvalue weighted by Crippen LogP contribution is 2.58. The molecule has 4 nitrogen and oxygen atoms in total.